The lowest BCUT2D eigenvalue weighted by Crippen LogP contribution is -2.39. The van der Waals surface area contributed by atoms with Crippen molar-refractivity contribution in [1.82, 2.24) is 4.57 Å². The molecule has 222 valence electrons. The van der Waals surface area contributed by atoms with Gasteiger partial charge in [0.15, 0.2) is 16.3 Å². The summed E-state index contributed by atoms with van der Waals surface area (Å²) >= 11 is 17.0. The molecule has 7 nitrogen and oxygen atoms in total. The van der Waals surface area contributed by atoms with Gasteiger partial charge in [0.25, 0.3) is 5.56 Å². The van der Waals surface area contributed by atoms with Crippen LogP contribution >= 0.6 is 50.5 Å². The molecule has 11 heteroatoms. The molecule has 3 aromatic carbocycles. The number of thiazole rings is 1. The minimum atomic E-state index is -0.673. The molecular formula is C32H27BrCl2N2O5S. The fourth-order valence-electron chi connectivity index (χ4n) is 4.72. The van der Waals surface area contributed by atoms with Crippen molar-refractivity contribution < 1.29 is 19.0 Å². The van der Waals surface area contributed by atoms with E-state index < -0.39 is 12.0 Å². The number of hydrogen-bond donors (Lipinski definition) is 0. The molecule has 5 rings (SSSR count). The highest BCUT2D eigenvalue weighted by Crippen LogP contribution is 2.35. The molecule has 0 spiro atoms. The summed E-state index contributed by atoms with van der Waals surface area (Å²) in [6, 6.07) is 16.0. The number of allylic oxidation sites excluding steroid dienone is 1. The fraction of sp³-hybridized carbons (Fsp3) is 0.219. The second-order valence-electron chi connectivity index (χ2n) is 9.77. The topological polar surface area (TPSA) is 79.1 Å². The van der Waals surface area contributed by atoms with Gasteiger partial charge in [-0.1, -0.05) is 86.4 Å². The average molecular weight is 702 g/mol. The van der Waals surface area contributed by atoms with Crippen molar-refractivity contribution in [2.45, 2.75) is 33.4 Å². The maximum Gasteiger partial charge on any atom is 0.338 e. The highest BCUT2D eigenvalue weighted by atomic mass is 79.9. The number of carbonyl (C=O) groups is 1. The molecule has 1 aliphatic rings. The average Bonchev–Trinajstić information content (AvgIpc) is 3.28. The summed E-state index contributed by atoms with van der Waals surface area (Å²) < 4.78 is 19.7. The summed E-state index contributed by atoms with van der Waals surface area (Å²) in [6.07, 6.45) is 1.77. The van der Waals surface area contributed by atoms with E-state index in [1.54, 1.807) is 55.9 Å². The number of esters is 1. The largest absolute Gasteiger partial charge is 0.493 e. The smallest absolute Gasteiger partial charge is 0.338 e. The van der Waals surface area contributed by atoms with Gasteiger partial charge in [0.05, 0.1) is 45.6 Å². The minimum absolute atomic E-state index is 0.212. The molecule has 1 aromatic heterocycles. The van der Waals surface area contributed by atoms with Gasteiger partial charge >= 0.3 is 5.97 Å². The zero-order chi connectivity index (χ0) is 30.8. The number of fused-ring (bicyclic) bond motifs is 1. The van der Waals surface area contributed by atoms with Gasteiger partial charge in [-0.15, -0.1) is 0 Å². The summed E-state index contributed by atoms with van der Waals surface area (Å²) in [5.74, 6) is 0.501. The van der Waals surface area contributed by atoms with Crippen molar-refractivity contribution >= 4 is 62.5 Å². The summed E-state index contributed by atoms with van der Waals surface area (Å²) in [5.41, 5.74) is 4.00. The Balaban J connectivity index is 1.56. The Kier molecular flexibility index (Phi) is 9.46. The van der Waals surface area contributed by atoms with E-state index in [1.807, 2.05) is 37.3 Å². The molecule has 0 aliphatic carbocycles. The number of ether oxygens (including phenoxy) is 3. The van der Waals surface area contributed by atoms with Gasteiger partial charge in [-0.2, -0.15) is 0 Å². The van der Waals surface area contributed by atoms with E-state index in [9.17, 15) is 9.59 Å². The fourth-order valence-corrected chi connectivity index (χ4v) is 6.52. The predicted octanol–water partition coefficient (Wildman–Crippen LogP) is 6.76. The molecule has 0 unspecified atom stereocenters. The first-order valence-electron chi connectivity index (χ1n) is 13.3. The maximum absolute atomic E-state index is 14.0. The van der Waals surface area contributed by atoms with E-state index >= 15 is 0 Å². The number of aromatic nitrogens is 1. The Bertz CT molecular complexity index is 1930. The molecule has 43 heavy (non-hydrogen) atoms. The zero-order valence-electron chi connectivity index (χ0n) is 23.7. The SMILES string of the molecule is CCOC(=O)C1=C(C)N=c2s/c(=C/c3cc(OC)c(OCc4ccc(Cl)c(Cl)c4)cc3Br)c(=O)n2[C@H]1c1ccc(C)cc1. The molecule has 0 fully saturated rings. The number of aryl methyl sites for hydroxylation is 1. The molecule has 0 saturated carbocycles. The lowest BCUT2D eigenvalue weighted by atomic mass is 9.95. The van der Waals surface area contributed by atoms with Crippen molar-refractivity contribution in [3.63, 3.8) is 0 Å². The van der Waals surface area contributed by atoms with Crippen LogP contribution in [0, 0.1) is 6.92 Å². The Morgan fingerprint density at radius 2 is 1.81 bits per heavy atom. The molecule has 2 heterocycles. The van der Waals surface area contributed by atoms with Gasteiger partial charge in [-0.05, 0) is 67.8 Å². The lowest BCUT2D eigenvalue weighted by molar-refractivity contribution is -0.139. The Hall–Kier alpha value is -3.37. The van der Waals surface area contributed by atoms with Gasteiger partial charge in [0, 0.05) is 4.47 Å². The minimum Gasteiger partial charge on any atom is -0.493 e. The van der Waals surface area contributed by atoms with E-state index in [-0.39, 0.29) is 18.8 Å². The molecule has 1 aliphatic heterocycles. The molecule has 0 amide bonds. The molecule has 0 saturated heterocycles. The predicted molar refractivity (Wildman–Crippen MR) is 173 cm³/mol. The van der Waals surface area contributed by atoms with Crippen molar-refractivity contribution in [3.05, 3.63) is 122 Å². The summed E-state index contributed by atoms with van der Waals surface area (Å²) in [7, 11) is 1.55. The van der Waals surface area contributed by atoms with E-state index in [4.69, 9.17) is 37.4 Å². The van der Waals surface area contributed by atoms with Crippen molar-refractivity contribution in [1.29, 1.82) is 0 Å². The second-order valence-corrected chi connectivity index (χ2v) is 12.5. The van der Waals surface area contributed by atoms with Gasteiger partial charge in [-0.25, -0.2) is 9.79 Å². The highest BCUT2D eigenvalue weighted by Gasteiger charge is 2.33. The van der Waals surface area contributed by atoms with E-state index in [0.29, 0.717) is 52.2 Å². The summed E-state index contributed by atoms with van der Waals surface area (Å²) in [6.45, 7) is 5.96. The van der Waals surface area contributed by atoms with Gasteiger partial charge in [-0.3, -0.25) is 9.36 Å². The van der Waals surface area contributed by atoms with Crippen LogP contribution < -0.4 is 24.4 Å². The number of carbonyl (C=O) groups excluding carboxylic acids is 1. The van der Waals surface area contributed by atoms with Crippen LogP contribution in [0.15, 0.2) is 80.1 Å². The third-order valence-electron chi connectivity index (χ3n) is 6.86. The quantitative estimate of drug-likeness (QED) is 0.190. The van der Waals surface area contributed by atoms with Crippen LogP contribution in [-0.4, -0.2) is 24.3 Å². The van der Waals surface area contributed by atoms with E-state index in [1.165, 1.54) is 11.3 Å². The van der Waals surface area contributed by atoms with Crippen LogP contribution in [0.5, 0.6) is 11.5 Å². The molecule has 4 aromatic rings. The number of halogens is 3. The van der Waals surface area contributed by atoms with Crippen LogP contribution in [0.4, 0.5) is 0 Å². The standard InChI is InChI=1S/C32H27BrCl2N2O5S/c1-5-41-31(39)28-18(3)36-32-37(29(28)20-9-6-17(2)7-10-20)30(38)27(43-32)14-21-13-25(40-4)26(15-22(21)33)42-16-19-8-11-23(34)24(35)12-19/h6-15,29H,5,16H2,1-4H3/b27-14+/t29-/m0/s1. The van der Waals surface area contributed by atoms with Crippen molar-refractivity contribution in [3.8, 4) is 11.5 Å². The number of benzene rings is 3. The van der Waals surface area contributed by atoms with Crippen LogP contribution in [-0.2, 0) is 16.1 Å². The normalized spacial score (nSPS) is 14.8. The molecular weight excluding hydrogens is 675 g/mol. The first kappa shape index (κ1) is 31.1. The molecule has 0 N–H and O–H groups in total. The lowest BCUT2D eigenvalue weighted by Gasteiger charge is -2.24. The second kappa shape index (κ2) is 13.1. The van der Waals surface area contributed by atoms with Crippen molar-refractivity contribution in [2.24, 2.45) is 4.99 Å². The van der Waals surface area contributed by atoms with Crippen LogP contribution in [0.2, 0.25) is 10.0 Å². The third-order valence-corrected chi connectivity index (χ3v) is 9.27. The first-order chi connectivity index (χ1) is 20.6. The third kappa shape index (κ3) is 6.45. The summed E-state index contributed by atoms with van der Waals surface area (Å²) in [5, 5.41) is 0.916. The van der Waals surface area contributed by atoms with Gasteiger partial charge in [0.2, 0.25) is 0 Å². The number of hydrogen-bond acceptors (Lipinski definition) is 7. The number of methoxy groups -OCH3 is 1. The van der Waals surface area contributed by atoms with Crippen LogP contribution in [0.1, 0.15) is 42.1 Å². The molecule has 0 radical (unpaired) electrons. The Morgan fingerprint density at radius 3 is 2.49 bits per heavy atom. The Morgan fingerprint density at radius 1 is 1.07 bits per heavy atom. The van der Waals surface area contributed by atoms with Gasteiger partial charge in [0.1, 0.15) is 6.61 Å². The van der Waals surface area contributed by atoms with E-state index in [0.717, 1.165) is 16.7 Å². The Labute approximate surface area is 270 Å². The number of rotatable bonds is 8. The maximum atomic E-state index is 14.0. The molecule has 1 atom stereocenters. The van der Waals surface area contributed by atoms with Crippen LogP contribution in [0.3, 0.4) is 0 Å². The van der Waals surface area contributed by atoms with Crippen molar-refractivity contribution in [2.75, 3.05) is 13.7 Å². The number of nitrogens with zero attached hydrogens (tertiary/aromatic N) is 2. The molecule has 0 bridgehead atoms. The highest BCUT2D eigenvalue weighted by molar-refractivity contribution is 9.10. The zero-order valence-corrected chi connectivity index (χ0v) is 27.7. The monoisotopic (exact) mass is 700 g/mol. The van der Waals surface area contributed by atoms with E-state index in [2.05, 4.69) is 20.9 Å². The van der Waals surface area contributed by atoms with Crippen LogP contribution in [0.25, 0.3) is 6.08 Å². The summed E-state index contributed by atoms with van der Waals surface area (Å²) in [4.78, 5) is 32.2. The first-order valence-corrected chi connectivity index (χ1v) is 15.7. The van der Waals surface area contributed by atoms with Gasteiger partial charge < -0.3 is 14.2 Å².